The Labute approximate surface area is 105 Å². The van der Waals surface area contributed by atoms with Gasteiger partial charge in [-0.25, -0.2) is 4.79 Å². The van der Waals surface area contributed by atoms with Gasteiger partial charge in [-0.15, -0.1) is 0 Å². The molecule has 0 radical (unpaired) electrons. The van der Waals surface area contributed by atoms with Gasteiger partial charge in [0.2, 0.25) is 0 Å². The van der Waals surface area contributed by atoms with Gasteiger partial charge in [-0.2, -0.15) is 17.4 Å². The van der Waals surface area contributed by atoms with E-state index in [9.17, 15) is 18.0 Å². The van der Waals surface area contributed by atoms with Gasteiger partial charge in [0.05, 0.1) is 0 Å². The Kier molecular flexibility index (Phi) is 3.07. The van der Waals surface area contributed by atoms with E-state index < -0.39 is 27.7 Å². The van der Waals surface area contributed by atoms with Crippen molar-refractivity contribution in [1.29, 1.82) is 0 Å². The minimum atomic E-state index is -3.61. The van der Waals surface area contributed by atoms with E-state index >= 15 is 0 Å². The summed E-state index contributed by atoms with van der Waals surface area (Å²) >= 11 is 0. The molecule has 0 aromatic carbocycles. The summed E-state index contributed by atoms with van der Waals surface area (Å²) in [6.07, 6.45) is 0.281. The van der Waals surface area contributed by atoms with Crippen LogP contribution in [-0.2, 0) is 15.0 Å². The molecule has 2 rings (SSSR count). The average molecular weight is 276 g/mol. The Morgan fingerprint density at radius 1 is 1.39 bits per heavy atom. The molecule has 1 unspecified atom stereocenters. The van der Waals surface area contributed by atoms with E-state index in [1.807, 2.05) is 0 Å². The summed E-state index contributed by atoms with van der Waals surface area (Å²) in [5, 5.41) is 4.63. The maximum absolute atomic E-state index is 11.9. The van der Waals surface area contributed by atoms with Crippen LogP contribution in [0.5, 0.6) is 0 Å². The third kappa shape index (κ3) is 2.20. The highest BCUT2D eigenvalue weighted by Gasteiger charge is 2.53. The lowest BCUT2D eigenvalue weighted by Crippen LogP contribution is -2.51. The lowest BCUT2D eigenvalue weighted by atomic mass is 10.00. The van der Waals surface area contributed by atoms with Crippen LogP contribution in [0, 0.1) is 0 Å². The van der Waals surface area contributed by atoms with Crippen molar-refractivity contribution in [2.45, 2.75) is 31.8 Å². The topological polar surface area (TPSA) is 108 Å². The maximum Gasteiger partial charge on any atom is 0.322 e. The fourth-order valence-corrected chi connectivity index (χ4v) is 3.63. The normalized spacial score (nSPS) is 29.1. The number of rotatable bonds is 3. The van der Waals surface area contributed by atoms with Gasteiger partial charge in [0, 0.05) is 19.1 Å². The fourth-order valence-electron chi connectivity index (χ4n) is 2.17. The monoisotopic (exact) mass is 276 g/mol. The van der Waals surface area contributed by atoms with Crippen molar-refractivity contribution in [2.24, 2.45) is 0 Å². The zero-order chi connectivity index (χ0) is 13.6. The van der Waals surface area contributed by atoms with Crippen LogP contribution in [0.2, 0.25) is 0 Å². The first-order valence-electron chi connectivity index (χ1n) is 5.66. The molecule has 18 heavy (non-hydrogen) atoms. The Hall–Kier alpha value is -1.19. The van der Waals surface area contributed by atoms with Crippen LogP contribution >= 0.6 is 0 Å². The largest absolute Gasteiger partial charge is 0.322 e. The van der Waals surface area contributed by atoms with Crippen molar-refractivity contribution in [2.75, 3.05) is 13.1 Å². The molecule has 0 aliphatic carbocycles. The Morgan fingerprint density at radius 2 is 2.06 bits per heavy atom. The van der Waals surface area contributed by atoms with Gasteiger partial charge in [0.25, 0.3) is 16.1 Å². The molecule has 102 valence electrons. The summed E-state index contributed by atoms with van der Waals surface area (Å²) in [4.78, 5) is 22.8. The zero-order valence-corrected chi connectivity index (χ0v) is 11.0. The Balaban J connectivity index is 2.14. The molecule has 0 aromatic rings. The number of carbonyl (C=O) groups is 2. The summed E-state index contributed by atoms with van der Waals surface area (Å²) in [7, 11) is -3.61. The lowest BCUT2D eigenvalue weighted by Gasteiger charge is -2.22. The molecular weight excluding hydrogens is 260 g/mol. The summed E-state index contributed by atoms with van der Waals surface area (Å²) in [6.45, 7) is 3.60. The molecule has 2 aliphatic rings. The number of amides is 3. The minimum absolute atomic E-state index is 0.0351. The molecule has 3 amide bonds. The van der Waals surface area contributed by atoms with Gasteiger partial charge in [0.1, 0.15) is 5.54 Å². The summed E-state index contributed by atoms with van der Waals surface area (Å²) in [5.74, 6) is -0.463. The van der Waals surface area contributed by atoms with Gasteiger partial charge in [-0.1, -0.05) is 0 Å². The number of imide groups is 1. The van der Waals surface area contributed by atoms with E-state index in [1.54, 1.807) is 13.8 Å². The van der Waals surface area contributed by atoms with Crippen LogP contribution in [-0.4, -0.2) is 49.3 Å². The molecule has 1 spiro atoms. The molecule has 9 heteroatoms. The summed E-state index contributed by atoms with van der Waals surface area (Å²) < 4.78 is 27.5. The quantitative estimate of drug-likeness (QED) is 0.546. The molecule has 2 fully saturated rings. The van der Waals surface area contributed by atoms with Crippen molar-refractivity contribution in [1.82, 2.24) is 19.7 Å². The van der Waals surface area contributed by atoms with E-state index in [2.05, 4.69) is 15.4 Å². The van der Waals surface area contributed by atoms with Crippen LogP contribution < -0.4 is 15.4 Å². The third-order valence-corrected chi connectivity index (χ3v) is 4.73. The minimum Gasteiger partial charge on any atom is -0.322 e. The number of nitrogens with zero attached hydrogens (tertiary/aromatic N) is 1. The molecule has 0 saturated carbocycles. The van der Waals surface area contributed by atoms with Crippen LogP contribution in [0.3, 0.4) is 0 Å². The van der Waals surface area contributed by atoms with Crippen molar-refractivity contribution in [3.63, 3.8) is 0 Å². The first kappa shape index (κ1) is 13.2. The molecule has 3 N–H and O–H groups in total. The van der Waals surface area contributed by atoms with Crippen LogP contribution in [0.15, 0.2) is 0 Å². The molecule has 2 saturated heterocycles. The van der Waals surface area contributed by atoms with E-state index in [0.29, 0.717) is 0 Å². The molecule has 1 atom stereocenters. The van der Waals surface area contributed by atoms with E-state index in [-0.39, 0.29) is 25.6 Å². The first-order chi connectivity index (χ1) is 8.25. The van der Waals surface area contributed by atoms with E-state index in [1.165, 1.54) is 4.31 Å². The van der Waals surface area contributed by atoms with Gasteiger partial charge in [-0.05, 0) is 20.3 Å². The van der Waals surface area contributed by atoms with Gasteiger partial charge in [-0.3, -0.25) is 10.1 Å². The van der Waals surface area contributed by atoms with Crippen LogP contribution in [0.1, 0.15) is 20.3 Å². The number of hydrogen-bond donors (Lipinski definition) is 3. The van der Waals surface area contributed by atoms with Crippen molar-refractivity contribution < 1.29 is 18.0 Å². The standard InChI is InChI=1S/C9H16N4O4S/c1-6(2)12-18(16,17)13-4-3-9(5-13)7(14)10-8(15)11-9/h6,12H,3-5H2,1-2H3,(H2,10,11,14,15). The van der Waals surface area contributed by atoms with Crippen molar-refractivity contribution in [3.8, 4) is 0 Å². The van der Waals surface area contributed by atoms with Gasteiger partial charge in [0.15, 0.2) is 0 Å². The molecule has 0 bridgehead atoms. The number of carbonyl (C=O) groups excluding carboxylic acids is 2. The van der Waals surface area contributed by atoms with Crippen molar-refractivity contribution >= 4 is 22.1 Å². The molecular formula is C9H16N4O4S. The number of nitrogens with one attached hydrogen (secondary N) is 3. The number of urea groups is 1. The fraction of sp³-hybridized carbons (Fsp3) is 0.778. The molecule has 0 aromatic heterocycles. The van der Waals surface area contributed by atoms with Gasteiger partial charge < -0.3 is 5.32 Å². The summed E-state index contributed by atoms with van der Waals surface area (Å²) in [6, 6.07) is -0.797. The van der Waals surface area contributed by atoms with Crippen molar-refractivity contribution in [3.05, 3.63) is 0 Å². The van der Waals surface area contributed by atoms with Crippen LogP contribution in [0.25, 0.3) is 0 Å². The smallest absolute Gasteiger partial charge is 0.322 e. The average Bonchev–Trinajstić information content (AvgIpc) is 2.71. The van der Waals surface area contributed by atoms with Gasteiger partial charge >= 0.3 is 6.03 Å². The second-order valence-corrected chi connectivity index (χ2v) is 6.55. The summed E-state index contributed by atoms with van der Waals surface area (Å²) in [5.41, 5.74) is -1.11. The van der Waals surface area contributed by atoms with E-state index in [4.69, 9.17) is 0 Å². The molecule has 2 heterocycles. The predicted molar refractivity (Wildman–Crippen MR) is 62.8 cm³/mol. The predicted octanol–water partition coefficient (Wildman–Crippen LogP) is -1.49. The molecule has 2 aliphatic heterocycles. The second kappa shape index (κ2) is 4.18. The highest BCUT2D eigenvalue weighted by atomic mass is 32.2. The molecule has 8 nitrogen and oxygen atoms in total. The Bertz CT molecular complexity index is 489. The lowest BCUT2D eigenvalue weighted by molar-refractivity contribution is -0.123. The maximum atomic E-state index is 11.9. The third-order valence-electron chi connectivity index (χ3n) is 2.97. The SMILES string of the molecule is CC(C)NS(=O)(=O)N1CCC2(C1)NC(=O)NC2=O. The number of hydrogen-bond acceptors (Lipinski definition) is 4. The first-order valence-corrected chi connectivity index (χ1v) is 7.10. The zero-order valence-electron chi connectivity index (χ0n) is 10.2. The van der Waals surface area contributed by atoms with Crippen LogP contribution in [0.4, 0.5) is 4.79 Å². The highest BCUT2D eigenvalue weighted by molar-refractivity contribution is 7.87. The Morgan fingerprint density at radius 3 is 2.56 bits per heavy atom. The second-order valence-electron chi connectivity index (χ2n) is 4.85. The van der Waals surface area contributed by atoms with E-state index in [0.717, 1.165) is 0 Å². The highest BCUT2D eigenvalue weighted by Crippen LogP contribution is 2.26.